The summed E-state index contributed by atoms with van der Waals surface area (Å²) in [5.41, 5.74) is -0.493. The van der Waals surface area contributed by atoms with Crippen molar-refractivity contribution in [3.05, 3.63) is 0 Å². The maximum atomic E-state index is 12.4. The molecule has 0 spiro atoms. The Morgan fingerprint density at radius 3 is 2.29 bits per heavy atom. The van der Waals surface area contributed by atoms with Crippen LogP contribution < -0.4 is 5.32 Å². The van der Waals surface area contributed by atoms with Crippen LogP contribution in [-0.2, 0) is 9.59 Å². The maximum Gasteiger partial charge on any atom is 0.255 e. The molecule has 1 rings (SSSR count). The third-order valence-corrected chi connectivity index (χ3v) is 2.86. The van der Waals surface area contributed by atoms with E-state index in [1.807, 2.05) is 0 Å². The smallest absolute Gasteiger partial charge is 0.255 e. The molecule has 1 aliphatic rings. The van der Waals surface area contributed by atoms with Gasteiger partial charge in [-0.1, -0.05) is 20.8 Å². The molecule has 0 bridgehead atoms. The van der Waals surface area contributed by atoms with E-state index in [0.29, 0.717) is 0 Å². The van der Waals surface area contributed by atoms with E-state index in [0.717, 1.165) is 4.90 Å². The Bertz CT molecular complexity index is 326. The van der Waals surface area contributed by atoms with E-state index in [2.05, 4.69) is 5.32 Å². The van der Waals surface area contributed by atoms with Gasteiger partial charge in [0.2, 0.25) is 11.8 Å². The second-order valence-corrected chi connectivity index (χ2v) is 5.37. The number of hydrogen-bond donors (Lipinski definition) is 1. The number of amides is 2. The molecule has 0 aliphatic carbocycles. The Hall–Kier alpha value is -1.20. The summed E-state index contributed by atoms with van der Waals surface area (Å²) in [6.07, 6.45) is -2.63. The fraction of sp³-hybridized carbons (Fsp3) is 0.818. The van der Waals surface area contributed by atoms with E-state index in [1.165, 1.54) is 6.92 Å². The van der Waals surface area contributed by atoms with Gasteiger partial charge in [-0.25, -0.2) is 8.78 Å². The van der Waals surface area contributed by atoms with E-state index in [1.54, 1.807) is 20.8 Å². The lowest BCUT2D eigenvalue weighted by molar-refractivity contribution is -0.153. The maximum absolute atomic E-state index is 12.4. The van der Waals surface area contributed by atoms with Crippen molar-refractivity contribution < 1.29 is 18.4 Å². The SMILES string of the molecule is CC1C(=O)NC(C(C)(C)C)C(=O)N1CC(F)F. The molecule has 2 amide bonds. The van der Waals surface area contributed by atoms with Gasteiger partial charge >= 0.3 is 0 Å². The highest BCUT2D eigenvalue weighted by atomic mass is 19.3. The van der Waals surface area contributed by atoms with Crippen LogP contribution in [0.15, 0.2) is 0 Å². The predicted octanol–water partition coefficient (Wildman–Crippen LogP) is 1.01. The molecule has 1 saturated heterocycles. The fourth-order valence-electron chi connectivity index (χ4n) is 1.81. The highest BCUT2D eigenvalue weighted by Gasteiger charge is 2.44. The van der Waals surface area contributed by atoms with Crippen LogP contribution in [0.1, 0.15) is 27.7 Å². The highest BCUT2D eigenvalue weighted by molar-refractivity contribution is 5.97. The van der Waals surface area contributed by atoms with Crippen molar-refractivity contribution in [3.8, 4) is 0 Å². The number of rotatable bonds is 2. The molecule has 0 aromatic rings. The predicted molar refractivity (Wildman–Crippen MR) is 58.6 cm³/mol. The molecule has 4 nitrogen and oxygen atoms in total. The zero-order valence-electron chi connectivity index (χ0n) is 10.5. The topological polar surface area (TPSA) is 49.4 Å². The lowest BCUT2D eigenvalue weighted by Gasteiger charge is -2.42. The standard InChI is InChI=1S/C11H18F2N2O2/c1-6-9(16)14-8(11(2,3)4)10(17)15(6)5-7(12)13/h6-8H,5H2,1-4H3,(H,14,16). The minimum absolute atomic E-state index is 0.384. The number of nitrogens with zero attached hydrogens (tertiary/aromatic N) is 1. The summed E-state index contributed by atoms with van der Waals surface area (Å²) in [6, 6.07) is -1.58. The molecule has 1 aliphatic heterocycles. The van der Waals surface area contributed by atoms with Crippen molar-refractivity contribution in [2.24, 2.45) is 5.41 Å². The van der Waals surface area contributed by atoms with E-state index in [9.17, 15) is 18.4 Å². The molecule has 6 heteroatoms. The van der Waals surface area contributed by atoms with Gasteiger partial charge in [-0.3, -0.25) is 9.59 Å². The molecular formula is C11H18F2N2O2. The third-order valence-electron chi connectivity index (χ3n) is 2.86. The number of carbonyl (C=O) groups is 2. The van der Waals surface area contributed by atoms with E-state index < -0.39 is 36.4 Å². The van der Waals surface area contributed by atoms with Gasteiger partial charge in [0, 0.05) is 0 Å². The average molecular weight is 248 g/mol. The monoisotopic (exact) mass is 248 g/mol. The number of hydrogen-bond acceptors (Lipinski definition) is 2. The number of nitrogens with one attached hydrogen (secondary N) is 1. The fourth-order valence-corrected chi connectivity index (χ4v) is 1.81. The van der Waals surface area contributed by atoms with Crippen molar-refractivity contribution in [2.45, 2.75) is 46.2 Å². The second-order valence-electron chi connectivity index (χ2n) is 5.37. The van der Waals surface area contributed by atoms with E-state index in [4.69, 9.17) is 0 Å². The molecule has 17 heavy (non-hydrogen) atoms. The van der Waals surface area contributed by atoms with E-state index in [-0.39, 0.29) is 5.91 Å². The van der Waals surface area contributed by atoms with Crippen LogP contribution in [0.3, 0.4) is 0 Å². The van der Waals surface area contributed by atoms with Crippen molar-refractivity contribution >= 4 is 11.8 Å². The summed E-state index contributed by atoms with van der Waals surface area (Å²) in [7, 11) is 0. The first-order valence-corrected chi connectivity index (χ1v) is 5.53. The summed E-state index contributed by atoms with van der Waals surface area (Å²) in [5, 5.41) is 2.58. The molecule has 1 heterocycles. The summed E-state index contributed by atoms with van der Waals surface area (Å²) in [6.45, 7) is 6.11. The van der Waals surface area contributed by atoms with Crippen LogP contribution >= 0.6 is 0 Å². The van der Waals surface area contributed by atoms with Crippen molar-refractivity contribution in [1.82, 2.24) is 10.2 Å². The normalized spacial score (nSPS) is 26.4. The minimum atomic E-state index is -2.63. The third kappa shape index (κ3) is 2.92. The van der Waals surface area contributed by atoms with Gasteiger partial charge in [-0.15, -0.1) is 0 Å². The molecule has 1 fully saturated rings. The first-order chi connectivity index (χ1) is 7.64. The first kappa shape index (κ1) is 13.9. The Morgan fingerprint density at radius 2 is 1.88 bits per heavy atom. The van der Waals surface area contributed by atoms with Crippen LogP contribution in [-0.4, -0.2) is 41.8 Å². The van der Waals surface area contributed by atoms with Crippen molar-refractivity contribution in [2.75, 3.05) is 6.54 Å². The van der Waals surface area contributed by atoms with Crippen LogP contribution in [0.4, 0.5) is 8.78 Å². The van der Waals surface area contributed by atoms with Gasteiger partial charge in [0.25, 0.3) is 6.43 Å². The Kier molecular flexibility index (Phi) is 3.74. The summed E-state index contributed by atoms with van der Waals surface area (Å²) >= 11 is 0. The molecule has 2 unspecified atom stereocenters. The lowest BCUT2D eigenvalue weighted by Crippen LogP contribution is -2.66. The van der Waals surface area contributed by atoms with Crippen LogP contribution in [0.2, 0.25) is 0 Å². The summed E-state index contributed by atoms with van der Waals surface area (Å²) < 4.78 is 24.8. The molecule has 0 aromatic carbocycles. The van der Waals surface area contributed by atoms with Gasteiger partial charge in [-0.2, -0.15) is 0 Å². The van der Waals surface area contributed by atoms with Gasteiger partial charge < -0.3 is 10.2 Å². The molecule has 2 atom stereocenters. The quantitative estimate of drug-likeness (QED) is 0.793. The van der Waals surface area contributed by atoms with Gasteiger partial charge in [-0.05, 0) is 12.3 Å². The lowest BCUT2D eigenvalue weighted by atomic mass is 9.84. The number of alkyl halides is 2. The van der Waals surface area contributed by atoms with Gasteiger partial charge in [0.05, 0.1) is 6.54 Å². The van der Waals surface area contributed by atoms with E-state index >= 15 is 0 Å². The zero-order chi connectivity index (χ0) is 13.4. The van der Waals surface area contributed by atoms with Crippen LogP contribution in [0, 0.1) is 5.41 Å². The molecule has 0 saturated carbocycles. The Morgan fingerprint density at radius 1 is 1.35 bits per heavy atom. The van der Waals surface area contributed by atoms with Gasteiger partial charge in [0.1, 0.15) is 12.1 Å². The van der Waals surface area contributed by atoms with Crippen LogP contribution in [0.25, 0.3) is 0 Å². The zero-order valence-corrected chi connectivity index (χ0v) is 10.5. The average Bonchev–Trinajstić information content (AvgIpc) is 2.16. The number of halogens is 2. The molecule has 1 N–H and O–H groups in total. The molecule has 0 aromatic heterocycles. The highest BCUT2D eigenvalue weighted by Crippen LogP contribution is 2.25. The Balaban J connectivity index is 2.95. The number of carbonyl (C=O) groups excluding carboxylic acids is 2. The van der Waals surface area contributed by atoms with Crippen molar-refractivity contribution in [1.29, 1.82) is 0 Å². The summed E-state index contributed by atoms with van der Waals surface area (Å²) in [4.78, 5) is 24.6. The van der Waals surface area contributed by atoms with Crippen molar-refractivity contribution in [3.63, 3.8) is 0 Å². The molecule has 0 radical (unpaired) electrons. The van der Waals surface area contributed by atoms with Crippen LogP contribution in [0.5, 0.6) is 0 Å². The number of piperazine rings is 1. The Labute approximate surface area is 99.3 Å². The summed E-state index contributed by atoms with van der Waals surface area (Å²) in [5.74, 6) is -0.824. The second kappa shape index (κ2) is 4.58. The first-order valence-electron chi connectivity index (χ1n) is 5.53. The van der Waals surface area contributed by atoms with Gasteiger partial charge in [0.15, 0.2) is 0 Å². The molecular weight excluding hydrogens is 230 g/mol. The minimum Gasteiger partial charge on any atom is -0.342 e. The molecule has 98 valence electrons. The largest absolute Gasteiger partial charge is 0.342 e.